The first-order chi connectivity index (χ1) is 10.4. The molecule has 124 valence electrons. The molecule has 0 amide bonds. The van der Waals surface area contributed by atoms with Crippen LogP contribution in [0.25, 0.3) is 0 Å². The van der Waals surface area contributed by atoms with Crippen molar-refractivity contribution in [3.63, 3.8) is 0 Å². The van der Waals surface area contributed by atoms with Gasteiger partial charge in [0.05, 0.1) is 0 Å². The standard InChI is InChI=1S/C20H32O2/c1-6-7-8-9-10-12-20(5)13-11-17-16(4)18(21)14(2)15(3)19(17)22-20/h21H,6-13H2,1-5H3. The number of unbranched alkanes of at least 4 members (excludes halogenated alkanes) is 4. The van der Waals surface area contributed by atoms with Crippen LogP contribution >= 0.6 is 0 Å². The van der Waals surface area contributed by atoms with Gasteiger partial charge in [-0.25, -0.2) is 0 Å². The van der Waals surface area contributed by atoms with Gasteiger partial charge in [-0.2, -0.15) is 0 Å². The average Bonchev–Trinajstić information content (AvgIpc) is 2.50. The molecule has 2 heteroatoms. The Morgan fingerprint density at radius 2 is 1.68 bits per heavy atom. The van der Waals surface area contributed by atoms with Gasteiger partial charge in [0, 0.05) is 5.56 Å². The van der Waals surface area contributed by atoms with Crippen LogP contribution in [-0.2, 0) is 6.42 Å². The minimum atomic E-state index is -0.0418. The topological polar surface area (TPSA) is 29.5 Å². The van der Waals surface area contributed by atoms with Gasteiger partial charge in [-0.15, -0.1) is 0 Å². The highest BCUT2D eigenvalue weighted by molar-refractivity contribution is 5.58. The Labute approximate surface area is 135 Å². The van der Waals surface area contributed by atoms with Crippen molar-refractivity contribution in [3.05, 3.63) is 22.3 Å². The van der Waals surface area contributed by atoms with Crippen molar-refractivity contribution < 1.29 is 9.84 Å². The molecule has 1 aliphatic heterocycles. The molecule has 1 atom stereocenters. The van der Waals surface area contributed by atoms with Crippen LogP contribution in [-0.4, -0.2) is 10.7 Å². The van der Waals surface area contributed by atoms with Crippen LogP contribution in [0.5, 0.6) is 11.5 Å². The second-order valence-electron chi connectivity index (χ2n) is 7.25. The van der Waals surface area contributed by atoms with Crippen LogP contribution in [0, 0.1) is 20.8 Å². The predicted molar refractivity (Wildman–Crippen MR) is 93.0 cm³/mol. The number of ether oxygens (including phenoxy) is 1. The van der Waals surface area contributed by atoms with E-state index in [1.807, 2.05) is 13.8 Å². The summed E-state index contributed by atoms with van der Waals surface area (Å²) in [6.07, 6.45) is 9.74. The van der Waals surface area contributed by atoms with E-state index < -0.39 is 0 Å². The number of fused-ring (bicyclic) bond motifs is 1. The normalized spacial score (nSPS) is 20.6. The Kier molecular flexibility index (Phi) is 5.41. The summed E-state index contributed by atoms with van der Waals surface area (Å²) in [4.78, 5) is 0. The highest BCUT2D eigenvalue weighted by atomic mass is 16.5. The first-order valence-corrected chi connectivity index (χ1v) is 8.90. The molecule has 1 heterocycles. The van der Waals surface area contributed by atoms with Crippen molar-refractivity contribution >= 4 is 0 Å². The molecule has 0 saturated carbocycles. The van der Waals surface area contributed by atoms with Crippen LogP contribution in [0.2, 0.25) is 0 Å². The minimum absolute atomic E-state index is 0.0418. The number of aromatic hydroxyl groups is 1. The maximum absolute atomic E-state index is 10.2. The monoisotopic (exact) mass is 304 g/mol. The predicted octanol–water partition coefficient (Wildman–Crippen LogP) is 5.76. The van der Waals surface area contributed by atoms with Gasteiger partial charge >= 0.3 is 0 Å². The molecular formula is C20H32O2. The van der Waals surface area contributed by atoms with Crippen LogP contribution < -0.4 is 4.74 Å². The lowest BCUT2D eigenvalue weighted by atomic mass is 9.84. The maximum Gasteiger partial charge on any atom is 0.127 e. The van der Waals surface area contributed by atoms with Gasteiger partial charge < -0.3 is 9.84 Å². The first-order valence-electron chi connectivity index (χ1n) is 8.90. The van der Waals surface area contributed by atoms with Crippen molar-refractivity contribution in [2.45, 2.75) is 91.6 Å². The van der Waals surface area contributed by atoms with E-state index in [9.17, 15) is 5.11 Å². The van der Waals surface area contributed by atoms with Gasteiger partial charge in [0.15, 0.2) is 0 Å². The lowest BCUT2D eigenvalue weighted by Crippen LogP contribution is -2.37. The molecule has 1 N–H and O–H groups in total. The van der Waals surface area contributed by atoms with E-state index in [1.54, 1.807) is 0 Å². The Balaban J connectivity index is 2.10. The van der Waals surface area contributed by atoms with E-state index in [0.29, 0.717) is 5.75 Å². The third kappa shape index (κ3) is 3.42. The summed E-state index contributed by atoms with van der Waals surface area (Å²) in [6, 6.07) is 0. The van der Waals surface area contributed by atoms with E-state index >= 15 is 0 Å². The molecule has 0 fully saturated rings. The minimum Gasteiger partial charge on any atom is -0.507 e. The van der Waals surface area contributed by atoms with Gasteiger partial charge in [0.25, 0.3) is 0 Å². The summed E-state index contributed by atoms with van der Waals surface area (Å²) >= 11 is 0. The molecule has 0 aliphatic carbocycles. The highest BCUT2D eigenvalue weighted by Crippen LogP contribution is 2.44. The number of benzene rings is 1. The third-order valence-electron chi connectivity index (χ3n) is 5.40. The smallest absolute Gasteiger partial charge is 0.127 e. The summed E-state index contributed by atoms with van der Waals surface area (Å²) in [5.41, 5.74) is 4.24. The molecule has 0 spiro atoms. The summed E-state index contributed by atoms with van der Waals surface area (Å²) in [6.45, 7) is 10.6. The molecule has 0 radical (unpaired) electrons. The molecule has 0 saturated heterocycles. The lowest BCUT2D eigenvalue weighted by Gasteiger charge is -2.38. The first kappa shape index (κ1) is 17.2. The van der Waals surface area contributed by atoms with Crippen molar-refractivity contribution in [2.24, 2.45) is 0 Å². The second kappa shape index (κ2) is 6.93. The molecule has 2 rings (SSSR count). The van der Waals surface area contributed by atoms with Crippen molar-refractivity contribution in [1.82, 2.24) is 0 Å². The van der Waals surface area contributed by atoms with Crippen molar-refractivity contribution in [1.29, 1.82) is 0 Å². The summed E-state index contributed by atoms with van der Waals surface area (Å²) in [7, 11) is 0. The van der Waals surface area contributed by atoms with Gasteiger partial charge in [-0.3, -0.25) is 0 Å². The molecule has 1 aromatic rings. The van der Waals surface area contributed by atoms with E-state index in [0.717, 1.165) is 41.7 Å². The van der Waals surface area contributed by atoms with Crippen LogP contribution in [0.1, 0.15) is 81.0 Å². The SMILES string of the molecule is CCCCCCCC1(C)CCc2c(C)c(O)c(C)c(C)c2O1. The Hall–Kier alpha value is -1.18. The number of rotatable bonds is 6. The van der Waals surface area contributed by atoms with Crippen LogP contribution in [0.4, 0.5) is 0 Å². The van der Waals surface area contributed by atoms with E-state index in [2.05, 4.69) is 20.8 Å². The van der Waals surface area contributed by atoms with E-state index in [4.69, 9.17) is 4.74 Å². The Morgan fingerprint density at radius 1 is 1.00 bits per heavy atom. The molecule has 1 aliphatic rings. The number of hydrogen-bond donors (Lipinski definition) is 1. The zero-order valence-electron chi connectivity index (χ0n) is 15.0. The second-order valence-corrected chi connectivity index (χ2v) is 7.25. The van der Waals surface area contributed by atoms with Gasteiger partial charge in [0.1, 0.15) is 17.1 Å². The lowest BCUT2D eigenvalue weighted by molar-refractivity contribution is 0.0522. The molecule has 1 unspecified atom stereocenters. The molecule has 22 heavy (non-hydrogen) atoms. The molecule has 2 nitrogen and oxygen atoms in total. The van der Waals surface area contributed by atoms with Crippen molar-refractivity contribution in [2.75, 3.05) is 0 Å². The number of phenols is 1. The molecule has 0 aromatic heterocycles. The fraction of sp³-hybridized carbons (Fsp3) is 0.700. The fourth-order valence-electron chi connectivity index (χ4n) is 3.57. The van der Waals surface area contributed by atoms with E-state index in [1.165, 1.54) is 37.7 Å². The molecule has 1 aromatic carbocycles. The molecular weight excluding hydrogens is 272 g/mol. The summed E-state index contributed by atoms with van der Waals surface area (Å²) < 4.78 is 6.46. The average molecular weight is 304 g/mol. The third-order valence-corrected chi connectivity index (χ3v) is 5.40. The largest absolute Gasteiger partial charge is 0.507 e. The van der Waals surface area contributed by atoms with E-state index in [-0.39, 0.29) is 5.60 Å². The fourth-order valence-corrected chi connectivity index (χ4v) is 3.57. The van der Waals surface area contributed by atoms with Crippen LogP contribution in [0.15, 0.2) is 0 Å². The summed E-state index contributed by atoms with van der Waals surface area (Å²) in [5, 5.41) is 10.2. The zero-order valence-corrected chi connectivity index (χ0v) is 15.0. The number of phenolic OH excluding ortho intramolecular Hbond substituents is 1. The highest BCUT2D eigenvalue weighted by Gasteiger charge is 2.33. The molecule has 0 bridgehead atoms. The zero-order chi connectivity index (χ0) is 16.3. The van der Waals surface area contributed by atoms with Gasteiger partial charge in [-0.05, 0) is 70.1 Å². The summed E-state index contributed by atoms with van der Waals surface area (Å²) in [5.74, 6) is 1.48. The van der Waals surface area contributed by atoms with Gasteiger partial charge in [-0.1, -0.05) is 32.6 Å². The quantitative estimate of drug-likeness (QED) is 0.677. The Morgan fingerprint density at radius 3 is 2.36 bits per heavy atom. The van der Waals surface area contributed by atoms with Crippen LogP contribution in [0.3, 0.4) is 0 Å². The van der Waals surface area contributed by atoms with Crippen molar-refractivity contribution in [3.8, 4) is 11.5 Å². The van der Waals surface area contributed by atoms with Gasteiger partial charge in [0.2, 0.25) is 0 Å². The number of hydrogen-bond acceptors (Lipinski definition) is 2. The maximum atomic E-state index is 10.2. The Bertz CT molecular complexity index is 533.